The summed E-state index contributed by atoms with van der Waals surface area (Å²) in [4.78, 5) is 12.4. The van der Waals surface area contributed by atoms with Gasteiger partial charge in [-0.05, 0) is 26.6 Å². The van der Waals surface area contributed by atoms with Crippen molar-refractivity contribution >= 4 is 5.82 Å². The van der Waals surface area contributed by atoms with E-state index in [1.807, 2.05) is 20.2 Å². The highest BCUT2D eigenvalue weighted by molar-refractivity contribution is 5.40. The van der Waals surface area contributed by atoms with Crippen LogP contribution in [0.2, 0.25) is 0 Å². The molecule has 2 heterocycles. The Hall–Kier alpha value is -1.20. The Morgan fingerprint density at radius 1 is 1.56 bits per heavy atom. The highest BCUT2D eigenvalue weighted by Crippen LogP contribution is 2.23. The first kappa shape index (κ1) is 11.3. The van der Waals surface area contributed by atoms with Crippen molar-refractivity contribution in [2.75, 3.05) is 32.1 Å². The van der Waals surface area contributed by atoms with E-state index in [4.69, 9.17) is 0 Å². The van der Waals surface area contributed by atoms with Crippen LogP contribution in [0.5, 0.6) is 0 Å². The van der Waals surface area contributed by atoms with Crippen LogP contribution < -0.4 is 4.90 Å². The van der Waals surface area contributed by atoms with Crippen molar-refractivity contribution in [3.8, 4) is 0 Å². The largest absolute Gasteiger partial charge is 0.391 e. The summed E-state index contributed by atoms with van der Waals surface area (Å²) in [7, 11) is 4.09. The van der Waals surface area contributed by atoms with E-state index in [0.29, 0.717) is 12.6 Å². The van der Waals surface area contributed by atoms with Crippen LogP contribution in [0, 0.1) is 0 Å². The SMILES string of the molecule is CN(C)CC1CC(O)CN1c1ccncn1. The van der Waals surface area contributed by atoms with E-state index in [1.165, 1.54) is 0 Å². The Bertz CT molecular complexity index is 330. The first-order chi connectivity index (χ1) is 7.66. The van der Waals surface area contributed by atoms with Gasteiger partial charge in [0.1, 0.15) is 12.1 Å². The summed E-state index contributed by atoms with van der Waals surface area (Å²) < 4.78 is 0. The fourth-order valence-electron chi connectivity index (χ4n) is 2.22. The van der Waals surface area contributed by atoms with E-state index in [1.54, 1.807) is 12.5 Å². The molecule has 0 radical (unpaired) electrons. The minimum Gasteiger partial charge on any atom is -0.391 e. The lowest BCUT2D eigenvalue weighted by molar-refractivity contribution is 0.191. The Labute approximate surface area is 95.7 Å². The molecule has 1 aromatic heterocycles. The van der Waals surface area contributed by atoms with Gasteiger partial charge in [-0.25, -0.2) is 9.97 Å². The van der Waals surface area contributed by atoms with Gasteiger partial charge in [0.15, 0.2) is 0 Å². The van der Waals surface area contributed by atoms with E-state index in [9.17, 15) is 5.11 Å². The highest BCUT2D eigenvalue weighted by Gasteiger charge is 2.31. The number of likely N-dealkylation sites (N-methyl/N-ethyl adjacent to an activating group) is 1. The Morgan fingerprint density at radius 2 is 2.38 bits per heavy atom. The molecule has 1 aliphatic heterocycles. The van der Waals surface area contributed by atoms with Crippen LogP contribution in [0.15, 0.2) is 18.6 Å². The third-order valence-corrected chi connectivity index (χ3v) is 2.83. The molecule has 1 aliphatic rings. The van der Waals surface area contributed by atoms with E-state index >= 15 is 0 Å². The number of hydrogen-bond acceptors (Lipinski definition) is 5. The Morgan fingerprint density at radius 3 is 3.00 bits per heavy atom. The molecule has 0 spiro atoms. The van der Waals surface area contributed by atoms with Crippen molar-refractivity contribution < 1.29 is 5.11 Å². The quantitative estimate of drug-likeness (QED) is 0.779. The Balaban J connectivity index is 2.12. The zero-order chi connectivity index (χ0) is 11.5. The molecule has 1 aromatic rings. The van der Waals surface area contributed by atoms with Crippen molar-refractivity contribution in [2.24, 2.45) is 0 Å². The number of rotatable bonds is 3. The fraction of sp³-hybridized carbons (Fsp3) is 0.636. The maximum Gasteiger partial charge on any atom is 0.132 e. The van der Waals surface area contributed by atoms with Gasteiger partial charge in [0.2, 0.25) is 0 Å². The lowest BCUT2D eigenvalue weighted by Crippen LogP contribution is -2.38. The normalized spacial score (nSPS) is 25.4. The average Bonchev–Trinajstić information content (AvgIpc) is 2.60. The van der Waals surface area contributed by atoms with Crippen LogP contribution in [-0.2, 0) is 0 Å². The first-order valence-corrected chi connectivity index (χ1v) is 5.52. The van der Waals surface area contributed by atoms with Crippen molar-refractivity contribution in [3.05, 3.63) is 18.6 Å². The molecule has 88 valence electrons. The lowest BCUT2D eigenvalue weighted by atomic mass is 10.2. The summed E-state index contributed by atoms with van der Waals surface area (Å²) in [5.41, 5.74) is 0. The summed E-state index contributed by atoms with van der Waals surface area (Å²) in [6, 6.07) is 2.22. The van der Waals surface area contributed by atoms with Crippen LogP contribution in [-0.4, -0.2) is 59.3 Å². The van der Waals surface area contributed by atoms with Gasteiger partial charge in [-0.15, -0.1) is 0 Å². The van der Waals surface area contributed by atoms with Crippen LogP contribution in [0.3, 0.4) is 0 Å². The molecule has 0 amide bonds. The molecule has 0 aliphatic carbocycles. The highest BCUT2D eigenvalue weighted by atomic mass is 16.3. The second kappa shape index (κ2) is 4.76. The minimum atomic E-state index is -0.250. The van der Waals surface area contributed by atoms with Crippen LogP contribution >= 0.6 is 0 Å². The minimum absolute atomic E-state index is 0.250. The third-order valence-electron chi connectivity index (χ3n) is 2.83. The van der Waals surface area contributed by atoms with Gasteiger partial charge in [0.05, 0.1) is 6.10 Å². The number of hydrogen-bond donors (Lipinski definition) is 1. The van der Waals surface area contributed by atoms with Crippen molar-refractivity contribution in [3.63, 3.8) is 0 Å². The lowest BCUT2D eigenvalue weighted by Gasteiger charge is -2.27. The van der Waals surface area contributed by atoms with E-state index in [0.717, 1.165) is 18.8 Å². The Kier molecular flexibility index (Phi) is 3.36. The number of β-amino-alcohol motifs (C(OH)–C–C–N with tert-alkyl or cyclic N) is 1. The second-order valence-corrected chi connectivity index (χ2v) is 4.53. The summed E-state index contributed by atoms with van der Waals surface area (Å²) in [6.45, 7) is 1.59. The predicted octanol–water partition coefficient (Wildman–Crippen LogP) is -0.0222. The zero-order valence-corrected chi connectivity index (χ0v) is 9.74. The van der Waals surface area contributed by atoms with Gasteiger partial charge in [-0.2, -0.15) is 0 Å². The van der Waals surface area contributed by atoms with E-state index in [-0.39, 0.29) is 6.10 Å². The first-order valence-electron chi connectivity index (χ1n) is 5.52. The van der Waals surface area contributed by atoms with Gasteiger partial charge < -0.3 is 14.9 Å². The smallest absolute Gasteiger partial charge is 0.132 e. The number of aliphatic hydroxyl groups is 1. The molecule has 0 saturated carbocycles. The molecule has 5 nitrogen and oxygen atoms in total. The third kappa shape index (κ3) is 2.48. The number of anilines is 1. The van der Waals surface area contributed by atoms with Crippen LogP contribution in [0.4, 0.5) is 5.82 Å². The summed E-state index contributed by atoms with van der Waals surface area (Å²) >= 11 is 0. The van der Waals surface area contributed by atoms with Gasteiger partial charge in [-0.1, -0.05) is 0 Å². The number of nitrogens with zero attached hydrogens (tertiary/aromatic N) is 4. The molecular formula is C11H18N4O. The molecule has 5 heteroatoms. The molecule has 1 saturated heterocycles. The second-order valence-electron chi connectivity index (χ2n) is 4.53. The maximum absolute atomic E-state index is 9.74. The van der Waals surface area contributed by atoms with Gasteiger partial charge >= 0.3 is 0 Å². The molecular weight excluding hydrogens is 204 g/mol. The predicted molar refractivity (Wildman–Crippen MR) is 62.3 cm³/mol. The van der Waals surface area contributed by atoms with Crippen molar-refractivity contribution in [1.29, 1.82) is 0 Å². The molecule has 1 fully saturated rings. The van der Waals surface area contributed by atoms with E-state index in [2.05, 4.69) is 19.8 Å². The van der Waals surface area contributed by atoms with Crippen molar-refractivity contribution in [2.45, 2.75) is 18.6 Å². The number of aliphatic hydroxyl groups excluding tert-OH is 1. The van der Waals surface area contributed by atoms with Crippen molar-refractivity contribution in [1.82, 2.24) is 14.9 Å². The summed E-state index contributed by atoms with van der Waals surface area (Å²) in [6.07, 6.45) is 3.84. The van der Waals surface area contributed by atoms with Gasteiger partial charge in [0, 0.05) is 25.3 Å². The topological polar surface area (TPSA) is 52.5 Å². The van der Waals surface area contributed by atoms with Gasteiger partial charge in [-0.3, -0.25) is 0 Å². The molecule has 2 unspecified atom stereocenters. The molecule has 0 aromatic carbocycles. The molecule has 1 N–H and O–H groups in total. The van der Waals surface area contributed by atoms with E-state index < -0.39 is 0 Å². The van der Waals surface area contributed by atoms with Gasteiger partial charge in [0.25, 0.3) is 0 Å². The average molecular weight is 222 g/mol. The molecule has 2 atom stereocenters. The fourth-order valence-corrected chi connectivity index (χ4v) is 2.22. The summed E-state index contributed by atoms with van der Waals surface area (Å²) in [5.74, 6) is 0.901. The maximum atomic E-state index is 9.74. The molecule has 16 heavy (non-hydrogen) atoms. The standard InChI is InChI=1S/C11H18N4O/c1-14(2)6-9-5-10(16)7-15(9)11-3-4-12-8-13-11/h3-4,8-10,16H,5-7H2,1-2H3. The number of aromatic nitrogens is 2. The van der Waals surface area contributed by atoms with Crippen LogP contribution in [0.1, 0.15) is 6.42 Å². The monoisotopic (exact) mass is 222 g/mol. The van der Waals surface area contributed by atoms with Crippen LogP contribution in [0.25, 0.3) is 0 Å². The zero-order valence-electron chi connectivity index (χ0n) is 9.74. The summed E-state index contributed by atoms with van der Waals surface area (Å²) in [5, 5.41) is 9.74. The molecule has 2 rings (SSSR count). The molecule has 0 bridgehead atoms.